The van der Waals surface area contributed by atoms with Crippen LogP contribution in [-0.4, -0.2) is 19.7 Å². The van der Waals surface area contributed by atoms with Crippen molar-refractivity contribution in [2.45, 2.75) is 32.7 Å². The minimum absolute atomic E-state index is 0.173. The Morgan fingerprint density at radius 1 is 1.33 bits per heavy atom. The Balaban J connectivity index is 2.95. The van der Waals surface area contributed by atoms with E-state index in [0.29, 0.717) is 0 Å². The van der Waals surface area contributed by atoms with E-state index < -0.39 is 0 Å². The Kier molecular flexibility index (Phi) is 3.61. The van der Waals surface area contributed by atoms with Gasteiger partial charge in [0.2, 0.25) is 0 Å². The summed E-state index contributed by atoms with van der Waals surface area (Å²) in [6, 6.07) is 8.17. The predicted molar refractivity (Wildman–Crippen MR) is 65.8 cm³/mol. The molecule has 0 aliphatic heterocycles. The van der Waals surface area contributed by atoms with Crippen LogP contribution in [0.25, 0.3) is 0 Å². The van der Waals surface area contributed by atoms with Gasteiger partial charge in [0.1, 0.15) is 5.75 Å². The highest BCUT2D eigenvalue weighted by molar-refractivity contribution is 5.51. The monoisotopic (exact) mass is 207 g/mol. The number of hydrogen-bond donors (Lipinski definition) is 0. The van der Waals surface area contributed by atoms with E-state index in [1.165, 1.54) is 5.69 Å². The van der Waals surface area contributed by atoms with E-state index in [0.717, 1.165) is 12.2 Å². The van der Waals surface area contributed by atoms with Crippen LogP contribution in [0.15, 0.2) is 24.3 Å². The lowest BCUT2D eigenvalue weighted by Crippen LogP contribution is -2.40. The summed E-state index contributed by atoms with van der Waals surface area (Å²) in [6.45, 7) is 6.69. The molecule has 0 heterocycles. The second kappa shape index (κ2) is 4.56. The molecule has 0 aliphatic carbocycles. The van der Waals surface area contributed by atoms with E-state index in [9.17, 15) is 0 Å². The van der Waals surface area contributed by atoms with Crippen LogP contribution in [0.5, 0.6) is 5.75 Å². The fraction of sp³-hybridized carbons (Fsp3) is 0.538. The molecule has 0 aliphatic rings. The molecule has 1 rings (SSSR count). The first-order valence-electron chi connectivity index (χ1n) is 5.39. The minimum atomic E-state index is 0.173. The second-order valence-electron chi connectivity index (χ2n) is 4.43. The molecule has 0 spiro atoms. The normalized spacial score (nSPS) is 11.3. The summed E-state index contributed by atoms with van der Waals surface area (Å²) in [5, 5.41) is 0. The number of rotatable bonds is 4. The molecule has 15 heavy (non-hydrogen) atoms. The molecule has 0 N–H and O–H groups in total. The van der Waals surface area contributed by atoms with E-state index in [1.807, 2.05) is 12.1 Å². The highest BCUT2D eigenvalue weighted by Crippen LogP contribution is 2.27. The van der Waals surface area contributed by atoms with E-state index in [1.54, 1.807) is 7.11 Å². The molecule has 1 aromatic rings. The lowest BCUT2D eigenvalue weighted by Gasteiger charge is -2.36. The zero-order valence-corrected chi connectivity index (χ0v) is 10.4. The summed E-state index contributed by atoms with van der Waals surface area (Å²) < 4.78 is 5.22. The SMILES string of the molecule is CCC(C)(C)N(C)c1cccc(OC)c1. The van der Waals surface area contributed by atoms with E-state index in [-0.39, 0.29) is 5.54 Å². The van der Waals surface area contributed by atoms with Gasteiger partial charge in [0.15, 0.2) is 0 Å². The third-order valence-corrected chi connectivity index (χ3v) is 3.21. The van der Waals surface area contributed by atoms with Crippen LogP contribution >= 0.6 is 0 Å². The molecule has 0 fully saturated rings. The Morgan fingerprint density at radius 2 is 2.00 bits per heavy atom. The molecule has 0 bridgehead atoms. The maximum Gasteiger partial charge on any atom is 0.120 e. The quantitative estimate of drug-likeness (QED) is 0.751. The van der Waals surface area contributed by atoms with Crippen molar-refractivity contribution in [1.82, 2.24) is 0 Å². The molecular formula is C13H21NO. The molecule has 0 aromatic heterocycles. The number of nitrogens with zero attached hydrogens (tertiary/aromatic N) is 1. The van der Waals surface area contributed by atoms with E-state index in [4.69, 9.17) is 4.74 Å². The first-order valence-corrected chi connectivity index (χ1v) is 5.39. The highest BCUT2D eigenvalue weighted by Gasteiger charge is 2.21. The van der Waals surface area contributed by atoms with Gasteiger partial charge in [-0.1, -0.05) is 13.0 Å². The molecular weight excluding hydrogens is 186 g/mol. The standard InChI is InChI=1S/C13H21NO/c1-6-13(2,3)14(4)11-8-7-9-12(10-11)15-5/h7-10H,6H2,1-5H3. The van der Waals surface area contributed by atoms with Crippen LogP contribution in [0.4, 0.5) is 5.69 Å². The van der Waals surface area contributed by atoms with Crippen molar-refractivity contribution in [3.05, 3.63) is 24.3 Å². The summed E-state index contributed by atoms with van der Waals surface area (Å²) in [6.07, 6.45) is 1.11. The maximum atomic E-state index is 5.22. The average Bonchev–Trinajstić information content (AvgIpc) is 2.28. The van der Waals surface area contributed by atoms with Crippen molar-refractivity contribution >= 4 is 5.69 Å². The van der Waals surface area contributed by atoms with Crippen molar-refractivity contribution in [3.8, 4) is 5.75 Å². The van der Waals surface area contributed by atoms with Crippen molar-refractivity contribution in [1.29, 1.82) is 0 Å². The Hall–Kier alpha value is -1.18. The van der Waals surface area contributed by atoms with Gasteiger partial charge >= 0.3 is 0 Å². The van der Waals surface area contributed by atoms with Crippen LogP contribution in [0.3, 0.4) is 0 Å². The number of anilines is 1. The molecule has 0 radical (unpaired) electrons. The van der Waals surface area contributed by atoms with Crippen molar-refractivity contribution in [2.24, 2.45) is 0 Å². The lowest BCUT2D eigenvalue weighted by atomic mass is 9.99. The van der Waals surface area contributed by atoms with Gasteiger partial charge in [0.25, 0.3) is 0 Å². The molecule has 0 saturated carbocycles. The molecule has 2 nitrogen and oxygen atoms in total. The van der Waals surface area contributed by atoms with E-state index in [2.05, 4.69) is 44.9 Å². The van der Waals surface area contributed by atoms with Crippen molar-refractivity contribution in [2.75, 3.05) is 19.1 Å². The summed E-state index contributed by atoms with van der Waals surface area (Å²) in [4.78, 5) is 2.29. The first kappa shape index (κ1) is 11.9. The zero-order valence-electron chi connectivity index (χ0n) is 10.4. The van der Waals surface area contributed by atoms with Crippen LogP contribution in [-0.2, 0) is 0 Å². The summed E-state index contributed by atoms with van der Waals surface area (Å²) in [5.74, 6) is 0.909. The highest BCUT2D eigenvalue weighted by atomic mass is 16.5. The van der Waals surface area contributed by atoms with Crippen molar-refractivity contribution in [3.63, 3.8) is 0 Å². The molecule has 0 unspecified atom stereocenters. The second-order valence-corrected chi connectivity index (χ2v) is 4.43. The van der Waals surface area contributed by atoms with Crippen LogP contribution < -0.4 is 9.64 Å². The predicted octanol–water partition coefficient (Wildman–Crippen LogP) is 3.32. The molecule has 84 valence electrons. The number of hydrogen-bond acceptors (Lipinski definition) is 2. The van der Waals surface area contributed by atoms with Crippen LogP contribution in [0, 0.1) is 0 Å². The van der Waals surface area contributed by atoms with Crippen LogP contribution in [0.2, 0.25) is 0 Å². The summed E-state index contributed by atoms with van der Waals surface area (Å²) >= 11 is 0. The molecule has 0 atom stereocenters. The Bertz CT molecular complexity index is 320. The van der Waals surface area contributed by atoms with Gasteiger partial charge in [-0.2, -0.15) is 0 Å². The van der Waals surface area contributed by atoms with Gasteiger partial charge in [0.05, 0.1) is 7.11 Å². The molecule has 0 saturated heterocycles. The third-order valence-electron chi connectivity index (χ3n) is 3.21. The smallest absolute Gasteiger partial charge is 0.120 e. The molecule has 0 amide bonds. The van der Waals surface area contributed by atoms with E-state index >= 15 is 0 Å². The van der Waals surface area contributed by atoms with Gasteiger partial charge in [-0.05, 0) is 32.4 Å². The topological polar surface area (TPSA) is 12.5 Å². The van der Waals surface area contributed by atoms with Gasteiger partial charge in [-0.3, -0.25) is 0 Å². The minimum Gasteiger partial charge on any atom is -0.497 e. The largest absolute Gasteiger partial charge is 0.497 e. The number of ether oxygens (including phenoxy) is 1. The van der Waals surface area contributed by atoms with Gasteiger partial charge in [-0.25, -0.2) is 0 Å². The van der Waals surface area contributed by atoms with Gasteiger partial charge in [0, 0.05) is 24.3 Å². The Labute approximate surface area is 92.9 Å². The maximum absolute atomic E-state index is 5.22. The number of methoxy groups -OCH3 is 1. The average molecular weight is 207 g/mol. The van der Waals surface area contributed by atoms with Gasteiger partial charge in [-0.15, -0.1) is 0 Å². The summed E-state index contributed by atoms with van der Waals surface area (Å²) in [7, 11) is 3.82. The molecule has 1 aromatic carbocycles. The first-order chi connectivity index (χ1) is 7.01. The summed E-state index contributed by atoms with van der Waals surface area (Å²) in [5.41, 5.74) is 1.37. The van der Waals surface area contributed by atoms with Crippen molar-refractivity contribution < 1.29 is 4.74 Å². The third kappa shape index (κ3) is 2.65. The zero-order chi connectivity index (χ0) is 11.5. The lowest BCUT2D eigenvalue weighted by molar-refractivity contribution is 0.413. The molecule has 2 heteroatoms. The fourth-order valence-corrected chi connectivity index (χ4v) is 1.41. The number of benzene rings is 1. The Morgan fingerprint density at radius 3 is 2.53 bits per heavy atom. The fourth-order valence-electron chi connectivity index (χ4n) is 1.41. The van der Waals surface area contributed by atoms with Gasteiger partial charge < -0.3 is 9.64 Å². The van der Waals surface area contributed by atoms with Crippen LogP contribution in [0.1, 0.15) is 27.2 Å².